The van der Waals surface area contributed by atoms with E-state index in [4.69, 9.17) is 16.6 Å². The average molecular weight is 203 g/mol. The molecule has 5 heteroatoms. The molecular formula is C9H21N3O2. The van der Waals surface area contributed by atoms with Crippen molar-refractivity contribution in [3.63, 3.8) is 0 Å². The second-order valence-electron chi connectivity index (χ2n) is 3.72. The number of primary amides is 1. The summed E-state index contributed by atoms with van der Waals surface area (Å²) in [7, 11) is 0. The normalized spacial score (nSPS) is 17.4. The summed E-state index contributed by atoms with van der Waals surface area (Å²) in [6, 6.07) is 0.0180. The highest BCUT2D eigenvalue weighted by Gasteiger charge is 2.16. The fourth-order valence-corrected chi connectivity index (χ4v) is 1.15. The molecule has 0 radical (unpaired) electrons. The lowest BCUT2D eigenvalue weighted by molar-refractivity contribution is -0.118. The van der Waals surface area contributed by atoms with Crippen LogP contribution >= 0.6 is 0 Å². The summed E-state index contributed by atoms with van der Waals surface area (Å²) in [5.41, 5.74) is 10.5. The maximum atomic E-state index is 10.7. The van der Waals surface area contributed by atoms with Gasteiger partial charge >= 0.3 is 0 Å². The zero-order chi connectivity index (χ0) is 11.1. The predicted octanol–water partition coefficient (Wildman–Crippen LogP) is -1.20. The van der Waals surface area contributed by atoms with Crippen LogP contribution in [-0.4, -0.2) is 36.2 Å². The summed E-state index contributed by atoms with van der Waals surface area (Å²) >= 11 is 0. The van der Waals surface area contributed by atoms with E-state index in [1.807, 2.05) is 13.8 Å². The van der Waals surface area contributed by atoms with E-state index in [1.165, 1.54) is 0 Å². The Morgan fingerprint density at radius 3 is 2.43 bits per heavy atom. The zero-order valence-corrected chi connectivity index (χ0v) is 8.86. The number of amides is 1. The van der Waals surface area contributed by atoms with Gasteiger partial charge in [0.1, 0.15) is 0 Å². The number of nitrogens with one attached hydrogen (secondary N) is 1. The molecule has 0 fully saturated rings. The number of carbonyl (C=O) groups is 1. The molecule has 3 unspecified atom stereocenters. The minimum Gasteiger partial charge on any atom is -0.396 e. The topological polar surface area (TPSA) is 101 Å². The van der Waals surface area contributed by atoms with Crippen molar-refractivity contribution in [1.82, 2.24) is 5.32 Å². The first-order valence-electron chi connectivity index (χ1n) is 4.86. The van der Waals surface area contributed by atoms with Crippen LogP contribution in [0.3, 0.4) is 0 Å². The molecule has 3 atom stereocenters. The van der Waals surface area contributed by atoms with Crippen molar-refractivity contribution in [3.05, 3.63) is 0 Å². The van der Waals surface area contributed by atoms with E-state index >= 15 is 0 Å². The molecule has 0 aromatic rings. The lowest BCUT2D eigenvalue weighted by Crippen LogP contribution is -2.46. The molecule has 0 bridgehead atoms. The average Bonchev–Trinajstić information content (AvgIpc) is 2.14. The Morgan fingerprint density at radius 2 is 2.07 bits per heavy atom. The first-order chi connectivity index (χ1) is 6.51. The molecule has 0 aliphatic carbocycles. The Bertz CT molecular complexity index is 175. The highest BCUT2D eigenvalue weighted by Crippen LogP contribution is 2.02. The van der Waals surface area contributed by atoms with Gasteiger partial charge in [0.15, 0.2) is 0 Å². The van der Waals surface area contributed by atoms with Gasteiger partial charge < -0.3 is 21.9 Å². The highest BCUT2D eigenvalue weighted by atomic mass is 16.3. The van der Waals surface area contributed by atoms with Gasteiger partial charge in [0.25, 0.3) is 0 Å². The van der Waals surface area contributed by atoms with Crippen LogP contribution in [0.1, 0.15) is 20.3 Å². The monoisotopic (exact) mass is 203 g/mol. The predicted molar refractivity (Wildman–Crippen MR) is 55.5 cm³/mol. The highest BCUT2D eigenvalue weighted by molar-refractivity contribution is 5.74. The van der Waals surface area contributed by atoms with Gasteiger partial charge in [-0.3, -0.25) is 4.79 Å². The molecule has 14 heavy (non-hydrogen) atoms. The molecule has 6 N–H and O–H groups in total. The van der Waals surface area contributed by atoms with E-state index in [9.17, 15) is 4.79 Å². The molecule has 0 aliphatic heterocycles. The van der Waals surface area contributed by atoms with Gasteiger partial charge in [-0.05, 0) is 12.8 Å². The van der Waals surface area contributed by atoms with Gasteiger partial charge in [0, 0.05) is 31.7 Å². The lowest BCUT2D eigenvalue weighted by atomic mass is 10.0. The van der Waals surface area contributed by atoms with Gasteiger partial charge in [-0.1, -0.05) is 6.92 Å². The van der Waals surface area contributed by atoms with Gasteiger partial charge in [-0.2, -0.15) is 0 Å². The van der Waals surface area contributed by atoms with Crippen molar-refractivity contribution in [2.24, 2.45) is 17.4 Å². The third-order valence-electron chi connectivity index (χ3n) is 2.37. The van der Waals surface area contributed by atoms with Crippen LogP contribution in [0.15, 0.2) is 0 Å². The summed E-state index contributed by atoms with van der Waals surface area (Å²) in [6.45, 7) is 4.35. The van der Waals surface area contributed by atoms with Gasteiger partial charge in [0.05, 0.1) is 0 Å². The molecule has 0 heterocycles. The van der Waals surface area contributed by atoms with Crippen molar-refractivity contribution in [2.75, 3.05) is 13.2 Å². The van der Waals surface area contributed by atoms with E-state index in [0.29, 0.717) is 6.54 Å². The molecule has 0 spiro atoms. The summed E-state index contributed by atoms with van der Waals surface area (Å²) < 4.78 is 0. The number of aliphatic hydroxyl groups excluding tert-OH is 1. The first-order valence-corrected chi connectivity index (χ1v) is 4.86. The standard InChI is InChI=1S/C9H21N3O2/c1-6(5-13)7(2)12-8(4-10)3-9(11)14/h6-8,12-13H,3-5,10H2,1-2H3,(H2,11,14). The fraction of sp³-hybridized carbons (Fsp3) is 0.889. The van der Waals surface area contributed by atoms with Crippen LogP contribution in [0.2, 0.25) is 0 Å². The molecular weight excluding hydrogens is 182 g/mol. The molecule has 0 rings (SSSR count). The van der Waals surface area contributed by atoms with Crippen LogP contribution in [-0.2, 0) is 4.79 Å². The fourth-order valence-electron chi connectivity index (χ4n) is 1.15. The Hall–Kier alpha value is -0.650. The SMILES string of the molecule is CC(CO)C(C)NC(CN)CC(N)=O. The van der Waals surface area contributed by atoms with E-state index < -0.39 is 0 Å². The summed E-state index contributed by atoms with van der Waals surface area (Å²) in [5.74, 6) is -0.228. The number of hydrogen-bond acceptors (Lipinski definition) is 4. The first kappa shape index (κ1) is 13.4. The Balaban J connectivity index is 3.97. The Morgan fingerprint density at radius 1 is 1.50 bits per heavy atom. The summed E-state index contributed by atoms with van der Waals surface area (Å²) in [4.78, 5) is 10.7. The molecule has 0 aliphatic rings. The number of carbonyl (C=O) groups excluding carboxylic acids is 1. The molecule has 0 aromatic heterocycles. The third-order valence-corrected chi connectivity index (χ3v) is 2.37. The van der Waals surface area contributed by atoms with Gasteiger partial charge in [0.2, 0.25) is 5.91 Å². The smallest absolute Gasteiger partial charge is 0.219 e. The lowest BCUT2D eigenvalue weighted by Gasteiger charge is -2.24. The van der Waals surface area contributed by atoms with Crippen molar-refractivity contribution in [3.8, 4) is 0 Å². The van der Waals surface area contributed by atoms with Crippen LogP contribution < -0.4 is 16.8 Å². The van der Waals surface area contributed by atoms with Crippen molar-refractivity contribution < 1.29 is 9.90 Å². The second-order valence-corrected chi connectivity index (χ2v) is 3.72. The molecule has 84 valence electrons. The summed E-state index contributed by atoms with van der Waals surface area (Å²) in [6.07, 6.45) is 0.235. The van der Waals surface area contributed by atoms with Crippen LogP contribution in [0, 0.1) is 5.92 Å². The van der Waals surface area contributed by atoms with Crippen molar-refractivity contribution in [2.45, 2.75) is 32.4 Å². The molecule has 5 nitrogen and oxygen atoms in total. The van der Waals surface area contributed by atoms with Crippen LogP contribution in [0.5, 0.6) is 0 Å². The number of nitrogens with two attached hydrogens (primary N) is 2. The Kier molecular flexibility index (Phi) is 6.44. The van der Waals surface area contributed by atoms with Gasteiger partial charge in [-0.15, -0.1) is 0 Å². The number of rotatable bonds is 7. The van der Waals surface area contributed by atoms with Crippen LogP contribution in [0.4, 0.5) is 0 Å². The van der Waals surface area contributed by atoms with E-state index in [2.05, 4.69) is 5.32 Å². The van der Waals surface area contributed by atoms with E-state index in [1.54, 1.807) is 0 Å². The van der Waals surface area contributed by atoms with Crippen LogP contribution in [0.25, 0.3) is 0 Å². The Labute approximate surface area is 84.8 Å². The molecule has 0 saturated heterocycles. The minimum absolute atomic E-state index is 0.100. The molecule has 0 saturated carbocycles. The maximum absolute atomic E-state index is 10.7. The quantitative estimate of drug-likeness (QED) is 0.417. The zero-order valence-electron chi connectivity index (χ0n) is 8.86. The molecule has 1 amide bonds. The number of aliphatic hydroxyl groups is 1. The van der Waals surface area contributed by atoms with E-state index in [0.717, 1.165) is 0 Å². The second kappa shape index (κ2) is 6.75. The summed E-state index contributed by atoms with van der Waals surface area (Å²) in [5, 5.41) is 12.1. The minimum atomic E-state index is -0.364. The third kappa shape index (κ3) is 5.16. The molecule has 0 aromatic carbocycles. The van der Waals surface area contributed by atoms with Crippen molar-refractivity contribution in [1.29, 1.82) is 0 Å². The van der Waals surface area contributed by atoms with Crippen molar-refractivity contribution >= 4 is 5.91 Å². The maximum Gasteiger partial charge on any atom is 0.219 e. The van der Waals surface area contributed by atoms with Gasteiger partial charge in [-0.25, -0.2) is 0 Å². The number of hydrogen-bond donors (Lipinski definition) is 4. The van der Waals surface area contributed by atoms with E-state index in [-0.39, 0.29) is 36.9 Å². The largest absolute Gasteiger partial charge is 0.396 e.